The summed E-state index contributed by atoms with van der Waals surface area (Å²) in [5, 5.41) is 0. The molecule has 2 heteroatoms. The molecule has 1 saturated carbocycles. The van der Waals surface area contributed by atoms with Gasteiger partial charge in [0.25, 0.3) is 0 Å². The zero-order chi connectivity index (χ0) is 10.4. The molecule has 0 bridgehead atoms. The molecule has 0 aliphatic heterocycles. The van der Waals surface area contributed by atoms with E-state index in [0.29, 0.717) is 31.6 Å². The van der Waals surface area contributed by atoms with Gasteiger partial charge < -0.3 is 5.73 Å². The van der Waals surface area contributed by atoms with Crippen molar-refractivity contribution in [3.8, 4) is 12.3 Å². The molecule has 1 aliphatic rings. The summed E-state index contributed by atoms with van der Waals surface area (Å²) in [6, 6.07) is 0. The zero-order valence-electron chi connectivity index (χ0n) is 8.72. The van der Waals surface area contributed by atoms with Crippen LogP contribution in [0.2, 0.25) is 0 Å². The molecule has 0 atom stereocenters. The molecule has 0 aromatic rings. The Hall–Kier alpha value is -0.810. The van der Waals surface area contributed by atoms with E-state index in [-0.39, 0.29) is 5.41 Å². The number of hydrogen-bond donors (Lipinski definition) is 1. The summed E-state index contributed by atoms with van der Waals surface area (Å²) in [4.78, 5) is 11.6. The van der Waals surface area contributed by atoms with Gasteiger partial charge in [0.1, 0.15) is 5.78 Å². The Balaban J connectivity index is 2.22. The van der Waals surface area contributed by atoms with Crippen LogP contribution >= 0.6 is 0 Å². The standard InChI is InChI=1S/C12H19NO/c1-2-3-4-6-11(14)9-12(10-13)7-5-8-12/h1H,3-10,13H2. The zero-order valence-corrected chi connectivity index (χ0v) is 8.72. The number of terminal acetylenes is 1. The molecule has 0 aromatic carbocycles. The molecule has 1 fully saturated rings. The normalized spacial score (nSPS) is 18.3. The summed E-state index contributed by atoms with van der Waals surface area (Å²) in [6.07, 6.45) is 11.5. The van der Waals surface area contributed by atoms with Crippen molar-refractivity contribution in [2.45, 2.75) is 44.9 Å². The van der Waals surface area contributed by atoms with E-state index in [1.807, 2.05) is 0 Å². The lowest BCUT2D eigenvalue weighted by Gasteiger charge is -2.40. The third kappa shape index (κ3) is 2.85. The second-order valence-corrected chi connectivity index (χ2v) is 4.33. The highest BCUT2D eigenvalue weighted by Gasteiger charge is 2.36. The van der Waals surface area contributed by atoms with Crippen molar-refractivity contribution >= 4 is 5.78 Å². The lowest BCUT2D eigenvalue weighted by Crippen LogP contribution is -2.39. The van der Waals surface area contributed by atoms with E-state index in [1.54, 1.807) is 0 Å². The average Bonchev–Trinajstić information content (AvgIpc) is 2.12. The number of rotatable bonds is 6. The Morgan fingerprint density at radius 2 is 2.21 bits per heavy atom. The maximum atomic E-state index is 11.6. The minimum Gasteiger partial charge on any atom is -0.330 e. The molecule has 1 aliphatic carbocycles. The summed E-state index contributed by atoms with van der Waals surface area (Å²) < 4.78 is 0. The van der Waals surface area contributed by atoms with Crippen LogP contribution in [0.15, 0.2) is 0 Å². The first-order chi connectivity index (χ1) is 6.72. The Labute approximate surface area is 86.2 Å². The molecule has 2 N–H and O–H groups in total. The van der Waals surface area contributed by atoms with Gasteiger partial charge in [-0.05, 0) is 31.2 Å². The van der Waals surface area contributed by atoms with E-state index < -0.39 is 0 Å². The topological polar surface area (TPSA) is 43.1 Å². The number of carbonyl (C=O) groups is 1. The monoisotopic (exact) mass is 193 g/mol. The van der Waals surface area contributed by atoms with Gasteiger partial charge in [0.2, 0.25) is 0 Å². The van der Waals surface area contributed by atoms with Crippen LogP contribution in [-0.2, 0) is 4.79 Å². The van der Waals surface area contributed by atoms with E-state index in [0.717, 1.165) is 19.3 Å². The summed E-state index contributed by atoms with van der Waals surface area (Å²) >= 11 is 0. The van der Waals surface area contributed by atoms with E-state index >= 15 is 0 Å². The van der Waals surface area contributed by atoms with Crippen LogP contribution in [0.1, 0.15) is 44.9 Å². The summed E-state index contributed by atoms with van der Waals surface area (Å²) in [6.45, 7) is 0.661. The first-order valence-corrected chi connectivity index (χ1v) is 5.38. The molecule has 0 spiro atoms. The lowest BCUT2D eigenvalue weighted by molar-refractivity contribution is -0.122. The van der Waals surface area contributed by atoms with Crippen LogP contribution in [0.25, 0.3) is 0 Å². The van der Waals surface area contributed by atoms with Gasteiger partial charge in [0.05, 0.1) is 0 Å². The van der Waals surface area contributed by atoms with Crippen LogP contribution in [0.4, 0.5) is 0 Å². The van der Waals surface area contributed by atoms with Crippen LogP contribution in [0, 0.1) is 17.8 Å². The lowest BCUT2D eigenvalue weighted by atomic mass is 9.65. The van der Waals surface area contributed by atoms with Crippen molar-refractivity contribution in [3.63, 3.8) is 0 Å². The van der Waals surface area contributed by atoms with Gasteiger partial charge in [-0.1, -0.05) is 6.42 Å². The molecule has 0 saturated heterocycles. The molecular weight excluding hydrogens is 174 g/mol. The van der Waals surface area contributed by atoms with E-state index in [9.17, 15) is 4.79 Å². The minimum absolute atomic E-state index is 0.160. The molecule has 78 valence electrons. The average molecular weight is 193 g/mol. The van der Waals surface area contributed by atoms with E-state index in [2.05, 4.69) is 5.92 Å². The summed E-state index contributed by atoms with van der Waals surface area (Å²) in [7, 11) is 0. The fourth-order valence-electron chi connectivity index (χ4n) is 2.02. The molecule has 14 heavy (non-hydrogen) atoms. The largest absolute Gasteiger partial charge is 0.330 e. The van der Waals surface area contributed by atoms with Crippen molar-refractivity contribution in [1.82, 2.24) is 0 Å². The number of nitrogens with two attached hydrogens (primary N) is 1. The summed E-state index contributed by atoms with van der Waals surface area (Å²) in [5.74, 6) is 2.89. The molecule has 0 heterocycles. The number of carbonyl (C=O) groups excluding carboxylic acids is 1. The van der Waals surface area contributed by atoms with E-state index in [4.69, 9.17) is 12.2 Å². The predicted octanol–water partition coefficient (Wildman–Crippen LogP) is 1.88. The predicted molar refractivity (Wildman–Crippen MR) is 57.6 cm³/mol. The Bertz CT molecular complexity index is 230. The second kappa shape index (κ2) is 5.17. The maximum Gasteiger partial charge on any atom is 0.133 e. The van der Waals surface area contributed by atoms with E-state index in [1.165, 1.54) is 6.42 Å². The quantitative estimate of drug-likeness (QED) is 0.517. The maximum absolute atomic E-state index is 11.6. The van der Waals surface area contributed by atoms with Gasteiger partial charge in [-0.3, -0.25) is 4.79 Å². The van der Waals surface area contributed by atoms with Crippen LogP contribution in [0.5, 0.6) is 0 Å². The van der Waals surface area contributed by atoms with Crippen molar-refractivity contribution in [2.24, 2.45) is 11.1 Å². The van der Waals surface area contributed by atoms with Crippen molar-refractivity contribution in [1.29, 1.82) is 0 Å². The summed E-state index contributed by atoms with van der Waals surface area (Å²) in [5.41, 5.74) is 5.85. The molecule has 1 rings (SSSR count). The van der Waals surface area contributed by atoms with Gasteiger partial charge in [0, 0.05) is 19.3 Å². The fourth-order valence-corrected chi connectivity index (χ4v) is 2.02. The minimum atomic E-state index is 0.160. The molecule has 0 radical (unpaired) electrons. The van der Waals surface area contributed by atoms with Crippen molar-refractivity contribution in [2.75, 3.05) is 6.54 Å². The van der Waals surface area contributed by atoms with Gasteiger partial charge in [0.15, 0.2) is 0 Å². The number of ketones is 1. The Kier molecular flexibility index (Phi) is 4.16. The van der Waals surface area contributed by atoms with Gasteiger partial charge in [-0.2, -0.15) is 0 Å². The number of unbranched alkanes of at least 4 members (excludes halogenated alkanes) is 1. The number of Topliss-reactive ketones (excluding diaryl/α,β-unsaturated/α-hetero) is 1. The highest BCUT2D eigenvalue weighted by atomic mass is 16.1. The van der Waals surface area contributed by atoms with Gasteiger partial charge >= 0.3 is 0 Å². The highest BCUT2D eigenvalue weighted by molar-refractivity contribution is 5.79. The molecule has 0 aromatic heterocycles. The Morgan fingerprint density at radius 3 is 2.64 bits per heavy atom. The fraction of sp³-hybridized carbons (Fsp3) is 0.750. The van der Waals surface area contributed by atoms with Crippen LogP contribution < -0.4 is 5.73 Å². The van der Waals surface area contributed by atoms with Crippen molar-refractivity contribution < 1.29 is 4.79 Å². The highest BCUT2D eigenvalue weighted by Crippen LogP contribution is 2.43. The van der Waals surface area contributed by atoms with Gasteiger partial charge in [-0.15, -0.1) is 12.3 Å². The second-order valence-electron chi connectivity index (χ2n) is 4.33. The first-order valence-electron chi connectivity index (χ1n) is 5.38. The molecular formula is C12H19NO. The Morgan fingerprint density at radius 1 is 1.50 bits per heavy atom. The van der Waals surface area contributed by atoms with Crippen LogP contribution in [0.3, 0.4) is 0 Å². The smallest absolute Gasteiger partial charge is 0.133 e. The van der Waals surface area contributed by atoms with Crippen LogP contribution in [-0.4, -0.2) is 12.3 Å². The molecule has 0 amide bonds. The molecule has 0 unspecified atom stereocenters. The molecule has 2 nitrogen and oxygen atoms in total. The van der Waals surface area contributed by atoms with Gasteiger partial charge in [-0.25, -0.2) is 0 Å². The van der Waals surface area contributed by atoms with Crippen molar-refractivity contribution in [3.05, 3.63) is 0 Å². The third-order valence-electron chi connectivity index (χ3n) is 3.20. The third-order valence-corrected chi connectivity index (χ3v) is 3.20. The first kappa shape index (κ1) is 11.3. The number of hydrogen-bond acceptors (Lipinski definition) is 2. The SMILES string of the molecule is C#CCCCC(=O)CC1(CN)CCC1.